The maximum atomic E-state index is 13.0. The van der Waals surface area contributed by atoms with Gasteiger partial charge in [0.2, 0.25) is 0 Å². The lowest BCUT2D eigenvalue weighted by Crippen LogP contribution is -2.39. The summed E-state index contributed by atoms with van der Waals surface area (Å²) in [6, 6.07) is 5.45. The van der Waals surface area contributed by atoms with E-state index in [9.17, 15) is 14.0 Å². The van der Waals surface area contributed by atoms with Gasteiger partial charge in [-0.25, -0.2) is 14.0 Å². The Morgan fingerprint density at radius 1 is 0.958 bits per heavy atom. The van der Waals surface area contributed by atoms with E-state index in [2.05, 4.69) is 0 Å². The molecule has 0 N–H and O–H groups in total. The molecular weight excluding hydrogens is 317 g/mol. The maximum Gasteiger partial charge on any atom is 0.534 e. The molecule has 0 spiro atoms. The zero-order chi connectivity index (χ0) is 18.5. The lowest BCUT2D eigenvalue weighted by molar-refractivity contribution is -0.140. The third-order valence-electron chi connectivity index (χ3n) is 2.41. The average Bonchev–Trinajstić information content (AvgIpc) is 2.36. The Morgan fingerprint density at radius 2 is 1.46 bits per heavy atom. The molecule has 0 aliphatic carbocycles. The Morgan fingerprint density at radius 3 is 1.92 bits per heavy atom. The molecule has 1 aromatic carbocycles. The van der Waals surface area contributed by atoms with Crippen LogP contribution in [-0.4, -0.2) is 28.5 Å². The van der Waals surface area contributed by atoms with Crippen molar-refractivity contribution in [3.05, 3.63) is 35.6 Å². The van der Waals surface area contributed by atoms with Crippen LogP contribution in [0.3, 0.4) is 0 Å². The molecule has 0 aliphatic rings. The molecular formula is C17H24FNO5. The number of nitrogens with zero attached hydrogens (tertiary/aromatic N) is 1. The Bertz CT molecular complexity index is 572. The van der Waals surface area contributed by atoms with Crippen molar-refractivity contribution >= 4 is 12.2 Å². The molecule has 0 unspecified atom stereocenters. The first-order valence-corrected chi connectivity index (χ1v) is 7.52. The van der Waals surface area contributed by atoms with Crippen LogP contribution in [0.5, 0.6) is 0 Å². The summed E-state index contributed by atoms with van der Waals surface area (Å²) < 4.78 is 23.2. The number of hydrogen-bond acceptors (Lipinski definition) is 5. The van der Waals surface area contributed by atoms with E-state index in [0.29, 0.717) is 5.56 Å². The molecule has 0 saturated carbocycles. The number of hydrogen-bond donors (Lipinski definition) is 0. The van der Waals surface area contributed by atoms with Gasteiger partial charge in [-0.2, -0.15) is 0 Å². The summed E-state index contributed by atoms with van der Waals surface area (Å²) in [6.07, 6.45) is -1.88. The van der Waals surface area contributed by atoms with E-state index in [4.69, 9.17) is 14.3 Å². The lowest BCUT2D eigenvalue weighted by Gasteiger charge is -2.27. The van der Waals surface area contributed by atoms with Crippen molar-refractivity contribution in [1.29, 1.82) is 0 Å². The minimum absolute atomic E-state index is 0.103. The summed E-state index contributed by atoms with van der Waals surface area (Å²) in [5.41, 5.74) is -0.979. The summed E-state index contributed by atoms with van der Waals surface area (Å²) in [4.78, 5) is 29.0. The molecule has 1 aromatic rings. The Kier molecular flexibility index (Phi) is 6.17. The van der Waals surface area contributed by atoms with E-state index in [1.807, 2.05) is 0 Å². The summed E-state index contributed by atoms with van der Waals surface area (Å²) in [5, 5.41) is 0.743. The number of benzene rings is 1. The number of carbonyl (C=O) groups excluding carboxylic acids is 2. The highest BCUT2D eigenvalue weighted by Gasteiger charge is 2.28. The van der Waals surface area contributed by atoms with Crippen LogP contribution in [0.15, 0.2) is 24.3 Å². The number of carbonyl (C=O) groups is 2. The first kappa shape index (κ1) is 19.7. The van der Waals surface area contributed by atoms with E-state index in [-0.39, 0.29) is 6.54 Å². The van der Waals surface area contributed by atoms with Crippen LogP contribution in [0.25, 0.3) is 0 Å². The molecule has 1 amide bonds. The van der Waals surface area contributed by atoms with E-state index in [1.165, 1.54) is 24.3 Å². The van der Waals surface area contributed by atoms with Crippen LogP contribution in [0.4, 0.5) is 14.0 Å². The van der Waals surface area contributed by atoms with Gasteiger partial charge >= 0.3 is 12.2 Å². The Labute approximate surface area is 141 Å². The third-order valence-corrected chi connectivity index (χ3v) is 2.41. The van der Waals surface area contributed by atoms with Gasteiger partial charge in [0, 0.05) is 0 Å². The van der Waals surface area contributed by atoms with Gasteiger partial charge in [-0.05, 0) is 59.2 Å². The van der Waals surface area contributed by atoms with Crippen LogP contribution in [0.2, 0.25) is 0 Å². The summed E-state index contributed by atoms with van der Waals surface area (Å²) in [7, 11) is 0. The highest BCUT2D eigenvalue weighted by Crippen LogP contribution is 2.16. The lowest BCUT2D eigenvalue weighted by atomic mass is 10.2. The van der Waals surface area contributed by atoms with Crippen LogP contribution in [0.1, 0.15) is 47.1 Å². The number of ether oxygens (including phenoxy) is 2. The molecule has 6 nitrogen and oxygen atoms in total. The van der Waals surface area contributed by atoms with Crippen molar-refractivity contribution in [1.82, 2.24) is 5.06 Å². The van der Waals surface area contributed by atoms with Gasteiger partial charge in [0.1, 0.15) is 17.0 Å². The maximum absolute atomic E-state index is 13.0. The van der Waals surface area contributed by atoms with Crippen molar-refractivity contribution in [2.45, 2.75) is 59.3 Å². The average molecular weight is 341 g/mol. The topological polar surface area (TPSA) is 65.1 Å². The highest BCUT2D eigenvalue weighted by molar-refractivity contribution is 5.70. The van der Waals surface area contributed by atoms with Gasteiger partial charge in [-0.3, -0.25) is 4.84 Å². The van der Waals surface area contributed by atoms with Gasteiger partial charge in [-0.15, -0.1) is 5.06 Å². The monoisotopic (exact) mass is 341 g/mol. The molecule has 1 rings (SSSR count). The number of amides is 1. The smallest absolute Gasteiger partial charge is 0.442 e. The van der Waals surface area contributed by atoms with E-state index in [1.54, 1.807) is 41.5 Å². The molecule has 0 aliphatic heterocycles. The van der Waals surface area contributed by atoms with Gasteiger partial charge < -0.3 is 9.47 Å². The van der Waals surface area contributed by atoms with E-state index in [0.717, 1.165) is 5.06 Å². The Hall–Kier alpha value is -2.31. The van der Waals surface area contributed by atoms with E-state index >= 15 is 0 Å². The van der Waals surface area contributed by atoms with Crippen molar-refractivity contribution in [2.24, 2.45) is 0 Å². The quantitative estimate of drug-likeness (QED) is 0.588. The zero-order valence-electron chi connectivity index (χ0n) is 14.9. The fraction of sp³-hybridized carbons (Fsp3) is 0.529. The molecule has 0 bridgehead atoms. The van der Waals surface area contributed by atoms with Crippen LogP contribution < -0.4 is 0 Å². The van der Waals surface area contributed by atoms with Gasteiger partial charge in [-0.1, -0.05) is 12.1 Å². The zero-order valence-corrected chi connectivity index (χ0v) is 14.9. The van der Waals surface area contributed by atoms with Crippen LogP contribution in [-0.2, 0) is 20.9 Å². The molecule has 0 heterocycles. The largest absolute Gasteiger partial charge is 0.534 e. The van der Waals surface area contributed by atoms with Gasteiger partial charge in [0.15, 0.2) is 0 Å². The van der Waals surface area contributed by atoms with Crippen LogP contribution >= 0.6 is 0 Å². The SMILES string of the molecule is CC(C)(C)OC(=O)ON(Cc1ccc(F)cc1)C(=O)OC(C)(C)C. The molecule has 0 aromatic heterocycles. The fourth-order valence-electron chi connectivity index (χ4n) is 1.56. The van der Waals surface area contributed by atoms with Gasteiger partial charge in [0.25, 0.3) is 0 Å². The Balaban J connectivity index is 2.88. The predicted molar refractivity (Wildman–Crippen MR) is 85.5 cm³/mol. The van der Waals surface area contributed by atoms with Crippen molar-refractivity contribution in [2.75, 3.05) is 0 Å². The summed E-state index contributed by atoms with van der Waals surface area (Å²) >= 11 is 0. The molecule has 134 valence electrons. The summed E-state index contributed by atoms with van der Waals surface area (Å²) in [6.45, 7) is 9.98. The molecule has 0 fully saturated rings. The first-order chi connectivity index (χ1) is 10.9. The number of halogens is 1. The molecule has 0 radical (unpaired) electrons. The first-order valence-electron chi connectivity index (χ1n) is 7.52. The standard InChI is InChI=1S/C17H24FNO5/c1-16(2,3)22-14(20)19(24-15(21)23-17(4,5)6)11-12-7-9-13(18)10-8-12/h7-10H,11H2,1-6H3. The van der Waals surface area contributed by atoms with Crippen molar-refractivity contribution in [3.8, 4) is 0 Å². The van der Waals surface area contributed by atoms with Crippen molar-refractivity contribution in [3.63, 3.8) is 0 Å². The second-order valence-corrected chi connectivity index (χ2v) is 7.20. The number of hydroxylamine groups is 2. The molecule has 0 saturated heterocycles. The highest BCUT2D eigenvalue weighted by atomic mass is 19.1. The molecule has 7 heteroatoms. The van der Waals surface area contributed by atoms with Gasteiger partial charge in [0.05, 0.1) is 6.54 Å². The second kappa shape index (κ2) is 7.51. The predicted octanol–water partition coefficient (Wildman–Crippen LogP) is 4.43. The van der Waals surface area contributed by atoms with Crippen LogP contribution in [0, 0.1) is 5.82 Å². The third kappa shape index (κ3) is 7.80. The van der Waals surface area contributed by atoms with E-state index < -0.39 is 29.3 Å². The minimum Gasteiger partial charge on any atom is -0.442 e. The fourth-order valence-corrected chi connectivity index (χ4v) is 1.56. The second-order valence-electron chi connectivity index (χ2n) is 7.20. The molecule has 0 atom stereocenters. The van der Waals surface area contributed by atoms with Crippen molar-refractivity contribution < 1.29 is 28.3 Å². The number of rotatable bonds is 2. The molecule has 24 heavy (non-hydrogen) atoms. The summed E-state index contributed by atoms with van der Waals surface area (Å²) in [5.74, 6) is -0.407. The minimum atomic E-state index is -1.03. The normalized spacial score (nSPS) is 11.6.